The first kappa shape index (κ1) is 13.3. The summed E-state index contributed by atoms with van der Waals surface area (Å²) in [6.07, 6.45) is 0.762. The minimum Gasteiger partial charge on any atom is -0.364 e. The molecule has 3 atom stereocenters. The van der Waals surface area contributed by atoms with Gasteiger partial charge in [0.2, 0.25) is 0 Å². The highest BCUT2D eigenvalue weighted by Crippen LogP contribution is 2.32. The molecule has 1 heterocycles. The van der Waals surface area contributed by atoms with Crippen LogP contribution < -0.4 is 10.6 Å². The van der Waals surface area contributed by atoms with Gasteiger partial charge in [-0.25, -0.2) is 8.78 Å². The maximum atomic E-state index is 14.1. The number of benzene rings is 1. The molecule has 18 heavy (non-hydrogen) atoms. The van der Waals surface area contributed by atoms with E-state index in [-0.39, 0.29) is 23.7 Å². The fourth-order valence-electron chi connectivity index (χ4n) is 2.62. The molecule has 1 aliphatic heterocycles. The third-order valence-electron chi connectivity index (χ3n) is 4.18. The maximum Gasteiger partial charge on any atom is 0.152 e. The zero-order chi connectivity index (χ0) is 13.4. The molecule has 2 rings (SSSR count). The number of nitrogens with zero attached hydrogens (tertiary/aromatic N) is 1. The summed E-state index contributed by atoms with van der Waals surface area (Å²) in [6.45, 7) is 6.27. The summed E-state index contributed by atoms with van der Waals surface area (Å²) >= 11 is 0. The topological polar surface area (TPSA) is 29.3 Å². The number of anilines is 1. The number of aryl methyl sites for hydroxylation is 1. The van der Waals surface area contributed by atoms with Crippen LogP contribution in [-0.2, 0) is 0 Å². The van der Waals surface area contributed by atoms with Gasteiger partial charge in [0, 0.05) is 18.6 Å². The average Bonchev–Trinajstić information content (AvgIpc) is 2.34. The van der Waals surface area contributed by atoms with Crippen molar-refractivity contribution in [3.8, 4) is 0 Å². The van der Waals surface area contributed by atoms with Crippen LogP contribution in [0.4, 0.5) is 14.5 Å². The lowest BCUT2D eigenvalue weighted by atomic mass is 9.87. The fraction of sp³-hybridized carbons (Fsp3) is 0.571. The zero-order valence-corrected chi connectivity index (χ0v) is 11.1. The van der Waals surface area contributed by atoms with Crippen LogP contribution >= 0.6 is 0 Å². The normalized spacial score (nSPS) is 28.6. The third kappa shape index (κ3) is 2.09. The van der Waals surface area contributed by atoms with E-state index in [1.807, 2.05) is 18.7 Å². The Bertz CT molecular complexity index is 448. The summed E-state index contributed by atoms with van der Waals surface area (Å²) in [5, 5.41) is 0. The number of rotatable bonds is 1. The van der Waals surface area contributed by atoms with Crippen molar-refractivity contribution in [2.24, 2.45) is 11.7 Å². The van der Waals surface area contributed by atoms with E-state index in [4.69, 9.17) is 5.73 Å². The Labute approximate surface area is 107 Å². The molecular weight excluding hydrogens is 234 g/mol. The van der Waals surface area contributed by atoms with Crippen LogP contribution in [0.2, 0.25) is 0 Å². The van der Waals surface area contributed by atoms with E-state index in [1.54, 1.807) is 6.92 Å². The molecule has 1 aromatic carbocycles. The molecule has 0 saturated carbocycles. The van der Waals surface area contributed by atoms with E-state index >= 15 is 0 Å². The first-order chi connectivity index (χ1) is 8.43. The van der Waals surface area contributed by atoms with Crippen molar-refractivity contribution in [1.29, 1.82) is 0 Å². The van der Waals surface area contributed by atoms with Crippen LogP contribution in [0.5, 0.6) is 0 Å². The Morgan fingerprint density at radius 3 is 2.61 bits per heavy atom. The predicted octanol–water partition coefficient (Wildman–Crippen LogP) is 2.84. The van der Waals surface area contributed by atoms with Gasteiger partial charge in [0.15, 0.2) is 5.82 Å². The monoisotopic (exact) mass is 254 g/mol. The molecule has 3 unspecified atom stereocenters. The van der Waals surface area contributed by atoms with Crippen molar-refractivity contribution >= 4 is 5.69 Å². The van der Waals surface area contributed by atoms with Crippen LogP contribution in [0.1, 0.15) is 25.8 Å². The molecule has 1 aliphatic rings. The Kier molecular flexibility index (Phi) is 3.57. The van der Waals surface area contributed by atoms with Crippen LogP contribution in [0.25, 0.3) is 0 Å². The number of hydrogen-bond acceptors (Lipinski definition) is 2. The van der Waals surface area contributed by atoms with Gasteiger partial charge in [-0.3, -0.25) is 0 Å². The Hall–Kier alpha value is -1.16. The Morgan fingerprint density at radius 1 is 1.28 bits per heavy atom. The largest absolute Gasteiger partial charge is 0.364 e. The van der Waals surface area contributed by atoms with Gasteiger partial charge in [-0.2, -0.15) is 0 Å². The molecule has 0 aliphatic carbocycles. The number of piperidine rings is 1. The van der Waals surface area contributed by atoms with Gasteiger partial charge in [0.1, 0.15) is 11.5 Å². The lowest BCUT2D eigenvalue weighted by molar-refractivity contribution is 0.311. The van der Waals surface area contributed by atoms with E-state index in [0.29, 0.717) is 12.1 Å². The van der Waals surface area contributed by atoms with Crippen LogP contribution in [0.3, 0.4) is 0 Å². The molecule has 1 fully saturated rings. The first-order valence-corrected chi connectivity index (χ1v) is 6.40. The van der Waals surface area contributed by atoms with Gasteiger partial charge in [-0.1, -0.05) is 13.0 Å². The highest BCUT2D eigenvalue weighted by molar-refractivity contribution is 5.53. The van der Waals surface area contributed by atoms with Gasteiger partial charge in [0.05, 0.1) is 0 Å². The molecule has 0 radical (unpaired) electrons. The summed E-state index contributed by atoms with van der Waals surface area (Å²) in [5.74, 6) is -0.727. The summed E-state index contributed by atoms with van der Waals surface area (Å²) < 4.78 is 28.0. The van der Waals surface area contributed by atoms with Crippen molar-refractivity contribution in [3.05, 3.63) is 29.3 Å². The molecule has 1 saturated heterocycles. The molecular formula is C14H20F2N2. The van der Waals surface area contributed by atoms with E-state index in [0.717, 1.165) is 6.42 Å². The maximum absolute atomic E-state index is 14.1. The van der Waals surface area contributed by atoms with Crippen LogP contribution in [-0.4, -0.2) is 18.6 Å². The minimum absolute atomic E-state index is 0.0413. The molecule has 0 spiro atoms. The molecule has 1 aromatic rings. The quantitative estimate of drug-likeness (QED) is 0.835. The second kappa shape index (κ2) is 4.84. The Balaban J connectivity index is 2.40. The van der Waals surface area contributed by atoms with Crippen LogP contribution in [0.15, 0.2) is 12.1 Å². The average molecular weight is 254 g/mol. The second-order valence-electron chi connectivity index (χ2n) is 5.27. The van der Waals surface area contributed by atoms with Crippen molar-refractivity contribution in [3.63, 3.8) is 0 Å². The summed E-state index contributed by atoms with van der Waals surface area (Å²) in [6, 6.07) is 2.95. The second-order valence-corrected chi connectivity index (χ2v) is 5.27. The van der Waals surface area contributed by atoms with Gasteiger partial charge >= 0.3 is 0 Å². The SMILES string of the molecule is Cc1ccc(F)c(N2CCC(N)C(C)C2C)c1F. The first-order valence-electron chi connectivity index (χ1n) is 6.40. The highest BCUT2D eigenvalue weighted by Gasteiger charge is 2.33. The van der Waals surface area contributed by atoms with Gasteiger partial charge < -0.3 is 10.6 Å². The van der Waals surface area contributed by atoms with Crippen molar-refractivity contribution in [2.45, 2.75) is 39.3 Å². The van der Waals surface area contributed by atoms with E-state index < -0.39 is 11.6 Å². The molecule has 2 N–H and O–H groups in total. The van der Waals surface area contributed by atoms with E-state index in [2.05, 4.69) is 0 Å². The number of halogens is 2. The molecule has 100 valence electrons. The number of nitrogens with two attached hydrogens (primary N) is 1. The fourth-order valence-corrected chi connectivity index (χ4v) is 2.62. The van der Waals surface area contributed by atoms with Gasteiger partial charge in [0.25, 0.3) is 0 Å². The summed E-state index contributed by atoms with van der Waals surface area (Å²) in [5.41, 5.74) is 6.57. The van der Waals surface area contributed by atoms with Crippen molar-refractivity contribution in [1.82, 2.24) is 0 Å². The van der Waals surface area contributed by atoms with E-state index in [9.17, 15) is 8.78 Å². The summed E-state index contributed by atoms with van der Waals surface area (Å²) in [4.78, 5) is 1.81. The molecule has 0 bridgehead atoms. The molecule has 0 aromatic heterocycles. The smallest absolute Gasteiger partial charge is 0.152 e. The number of hydrogen-bond donors (Lipinski definition) is 1. The van der Waals surface area contributed by atoms with Crippen LogP contribution in [0, 0.1) is 24.5 Å². The standard InChI is InChI=1S/C14H20F2N2/c1-8-4-5-11(15)14(13(8)16)18-7-6-12(17)9(2)10(18)3/h4-5,9-10,12H,6-7,17H2,1-3H3. The van der Waals surface area contributed by atoms with E-state index in [1.165, 1.54) is 12.1 Å². The predicted molar refractivity (Wildman–Crippen MR) is 69.7 cm³/mol. The van der Waals surface area contributed by atoms with Gasteiger partial charge in [-0.05, 0) is 37.8 Å². The highest BCUT2D eigenvalue weighted by atomic mass is 19.1. The third-order valence-corrected chi connectivity index (χ3v) is 4.18. The van der Waals surface area contributed by atoms with Crippen molar-refractivity contribution in [2.75, 3.05) is 11.4 Å². The Morgan fingerprint density at radius 2 is 1.94 bits per heavy atom. The minimum atomic E-state index is -0.493. The zero-order valence-electron chi connectivity index (χ0n) is 11.1. The van der Waals surface area contributed by atoms with Gasteiger partial charge in [-0.15, -0.1) is 0 Å². The molecule has 0 amide bonds. The molecule has 4 heteroatoms. The molecule has 2 nitrogen and oxygen atoms in total. The summed E-state index contributed by atoms with van der Waals surface area (Å²) in [7, 11) is 0. The van der Waals surface area contributed by atoms with Crippen molar-refractivity contribution < 1.29 is 8.78 Å². The lowest BCUT2D eigenvalue weighted by Crippen LogP contribution is -2.52. The lowest BCUT2D eigenvalue weighted by Gasteiger charge is -2.43.